The zero-order valence-corrected chi connectivity index (χ0v) is 9.94. The average molecular weight is 220 g/mol. The highest BCUT2D eigenvalue weighted by Gasteiger charge is 2.14. The number of nitrogens with one attached hydrogen (secondary N) is 1. The fourth-order valence-corrected chi connectivity index (χ4v) is 1.41. The summed E-state index contributed by atoms with van der Waals surface area (Å²) in [7, 11) is 0. The molecule has 0 fully saturated rings. The molecule has 1 amide bonds. The third kappa shape index (κ3) is 4.03. The van der Waals surface area contributed by atoms with Gasteiger partial charge in [0.25, 0.3) is 0 Å². The van der Waals surface area contributed by atoms with Crippen LogP contribution in [0.4, 0.5) is 0 Å². The molecule has 1 aromatic rings. The summed E-state index contributed by atoms with van der Waals surface area (Å²) in [6, 6.07) is 8.85. The van der Waals surface area contributed by atoms with Crippen LogP contribution in [-0.2, 0) is 4.79 Å². The van der Waals surface area contributed by atoms with E-state index in [0.29, 0.717) is 12.5 Å². The topological polar surface area (TPSA) is 55.1 Å². The average Bonchev–Trinajstić information content (AvgIpc) is 2.28. The summed E-state index contributed by atoms with van der Waals surface area (Å²) in [5.74, 6) is 0.486. The maximum Gasteiger partial charge on any atom is 0.241 e. The van der Waals surface area contributed by atoms with Gasteiger partial charge in [0.15, 0.2) is 0 Å². The molecule has 0 saturated heterocycles. The molecule has 0 aliphatic rings. The van der Waals surface area contributed by atoms with Gasteiger partial charge in [0.1, 0.15) is 6.04 Å². The minimum Gasteiger partial charge on any atom is -0.354 e. The molecule has 3 heteroatoms. The first-order chi connectivity index (χ1) is 7.61. The minimum absolute atomic E-state index is 0.105. The van der Waals surface area contributed by atoms with Crippen LogP contribution in [0.3, 0.4) is 0 Å². The van der Waals surface area contributed by atoms with E-state index in [2.05, 4.69) is 19.2 Å². The van der Waals surface area contributed by atoms with Crippen LogP contribution in [0.1, 0.15) is 31.9 Å². The summed E-state index contributed by atoms with van der Waals surface area (Å²) in [5, 5.41) is 2.85. The van der Waals surface area contributed by atoms with Gasteiger partial charge in [0.05, 0.1) is 0 Å². The van der Waals surface area contributed by atoms with Crippen LogP contribution < -0.4 is 11.1 Å². The summed E-state index contributed by atoms with van der Waals surface area (Å²) in [4.78, 5) is 11.7. The van der Waals surface area contributed by atoms with E-state index in [1.54, 1.807) is 0 Å². The fourth-order valence-electron chi connectivity index (χ4n) is 1.41. The number of rotatable bonds is 5. The Bertz CT molecular complexity index is 322. The molecule has 1 atom stereocenters. The van der Waals surface area contributed by atoms with E-state index in [1.807, 2.05) is 30.3 Å². The normalized spacial score (nSPS) is 12.5. The van der Waals surface area contributed by atoms with Gasteiger partial charge in [-0.2, -0.15) is 0 Å². The first-order valence-electron chi connectivity index (χ1n) is 5.69. The molecule has 0 bridgehead atoms. The predicted octanol–water partition coefficient (Wildman–Crippen LogP) is 1.85. The van der Waals surface area contributed by atoms with E-state index in [0.717, 1.165) is 12.0 Å². The van der Waals surface area contributed by atoms with E-state index >= 15 is 0 Å². The van der Waals surface area contributed by atoms with Crippen LogP contribution in [-0.4, -0.2) is 12.5 Å². The van der Waals surface area contributed by atoms with Gasteiger partial charge in [-0.05, 0) is 17.9 Å². The third-order valence-electron chi connectivity index (χ3n) is 2.46. The van der Waals surface area contributed by atoms with Crippen molar-refractivity contribution in [3.63, 3.8) is 0 Å². The lowest BCUT2D eigenvalue weighted by Crippen LogP contribution is -2.34. The van der Waals surface area contributed by atoms with Crippen molar-refractivity contribution in [2.45, 2.75) is 26.3 Å². The van der Waals surface area contributed by atoms with E-state index in [9.17, 15) is 4.79 Å². The molecule has 0 aliphatic heterocycles. The zero-order chi connectivity index (χ0) is 12.0. The molecule has 16 heavy (non-hydrogen) atoms. The van der Waals surface area contributed by atoms with Gasteiger partial charge < -0.3 is 11.1 Å². The molecule has 3 N–H and O–H groups in total. The van der Waals surface area contributed by atoms with Crippen molar-refractivity contribution in [3.05, 3.63) is 35.9 Å². The number of benzene rings is 1. The molecule has 0 aromatic heterocycles. The smallest absolute Gasteiger partial charge is 0.241 e. The highest BCUT2D eigenvalue weighted by molar-refractivity contribution is 5.82. The Balaban J connectivity index is 2.43. The van der Waals surface area contributed by atoms with Crippen molar-refractivity contribution in [3.8, 4) is 0 Å². The van der Waals surface area contributed by atoms with Crippen LogP contribution in [0, 0.1) is 5.92 Å². The molecule has 0 spiro atoms. The second kappa shape index (κ2) is 6.28. The largest absolute Gasteiger partial charge is 0.354 e. The van der Waals surface area contributed by atoms with Crippen LogP contribution in [0.25, 0.3) is 0 Å². The predicted molar refractivity (Wildman–Crippen MR) is 65.8 cm³/mol. The van der Waals surface area contributed by atoms with Crippen molar-refractivity contribution in [2.24, 2.45) is 11.7 Å². The lowest BCUT2D eigenvalue weighted by Gasteiger charge is -2.13. The van der Waals surface area contributed by atoms with Crippen molar-refractivity contribution in [2.75, 3.05) is 6.54 Å². The Hall–Kier alpha value is -1.35. The quantitative estimate of drug-likeness (QED) is 0.795. The van der Waals surface area contributed by atoms with Gasteiger partial charge in [-0.3, -0.25) is 4.79 Å². The first-order valence-corrected chi connectivity index (χ1v) is 5.69. The highest BCUT2D eigenvalue weighted by atomic mass is 16.2. The lowest BCUT2D eigenvalue weighted by molar-refractivity contribution is -0.122. The van der Waals surface area contributed by atoms with Crippen molar-refractivity contribution in [1.82, 2.24) is 5.32 Å². The molecule has 88 valence electrons. The molecule has 1 aromatic carbocycles. The highest BCUT2D eigenvalue weighted by Crippen LogP contribution is 2.09. The Kier molecular flexibility index (Phi) is 4.99. The summed E-state index contributed by atoms with van der Waals surface area (Å²) in [5.41, 5.74) is 6.69. The molecule has 1 rings (SSSR count). The van der Waals surface area contributed by atoms with Crippen LogP contribution in [0.5, 0.6) is 0 Å². The van der Waals surface area contributed by atoms with Gasteiger partial charge in [-0.15, -0.1) is 0 Å². The van der Waals surface area contributed by atoms with Gasteiger partial charge in [-0.1, -0.05) is 44.2 Å². The van der Waals surface area contributed by atoms with Crippen molar-refractivity contribution in [1.29, 1.82) is 0 Å². The molecule has 1 unspecified atom stereocenters. The van der Waals surface area contributed by atoms with E-state index in [4.69, 9.17) is 5.73 Å². The number of hydrogen-bond donors (Lipinski definition) is 2. The van der Waals surface area contributed by atoms with E-state index in [-0.39, 0.29) is 5.91 Å². The van der Waals surface area contributed by atoms with Crippen LogP contribution in [0.2, 0.25) is 0 Å². The van der Waals surface area contributed by atoms with Gasteiger partial charge in [0, 0.05) is 6.54 Å². The number of carbonyl (C=O) groups is 1. The molecule has 3 nitrogen and oxygen atoms in total. The molecule has 0 radical (unpaired) electrons. The minimum atomic E-state index is -0.562. The molecule has 0 saturated carbocycles. The number of carbonyl (C=O) groups excluding carboxylic acids is 1. The third-order valence-corrected chi connectivity index (χ3v) is 2.46. The molecular weight excluding hydrogens is 200 g/mol. The maximum absolute atomic E-state index is 11.7. The monoisotopic (exact) mass is 220 g/mol. The van der Waals surface area contributed by atoms with E-state index in [1.165, 1.54) is 0 Å². The van der Waals surface area contributed by atoms with Crippen molar-refractivity contribution < 1.29 is 4.79 Å². The number of nitrogens with two attached hydrogens (primary N) is 1. The van der Waals surface area contributed by atoms with Gasteiger partial charge >= 0.3 is 0 Å². The Morgan fingerprint density at radius 2 is 1.94 bits per heavy atom. The van der Waals surface area contributed by atoms with Crippen molar-refractivity contribution >= 4 is 5.91 Å². The second-order valence-electron chi connectivity index (χ2n) is 4.36. The van der Waals surface area contributed by atoms with Crippen LogP contribution in [0.15, 0.2) is 30.3 Å². The molecule has 0 aliphatic carbocycles. The Morgan fingerprint density at radius 3 is 2.50 bits per heavy atom. The zero-order valence-electron chi connectivity index (χ0n) is 9.94. The summed E-state index contributed by atoms with van der Waals surface area (Å²) < 4.78 is 0. The maximum atomic E-state index is 11.7. The Morgan fingerprint density at radius 1 is 1.31 bits per heavy atom. The van der Waals surface area contributed by atoms with E-state index < -0.39 is 6.04 Å². The summed E-state index contributed by atoms with van der Waals surface area (Å²) in [6.07, 6.45) is 0.979. The molecule has 0 heterocycles. The number of hydrogen-bond acceptors (Lipinski definition) is 2. The molecular formula is C13H20N2O. The summed E-state index contributed by atoms with van der Waals surface area (Å²) >= 11 is 0. The standard InChI is InChI=1S/C13H20N2O/c1-10(2)8-9-15-13(16)12(14)11-6-4-3-5-7-11/h3-7,10,12H,8-9,14H2,1-2H3,(H,15,16). The van der Waals surface area contributed by atoms with Crippen LogP contribution >= 0.6 is 0 Å². The second-order valence-corrected chi connectivity index (χ2v) is 4.36. The summed E-state index contributed by atoms with van der Waals surface area (Å²) in [6.45, 7) is 4.95. The number of amides is 1. The SMILES string of the molecule is CC(C)CCNC(=O)C(N)c1ccccc1. The Labute approximate surface area is 97.0 Å². The van der Waals surface area contributed by atoms with Gasteiger partial charge in [0.2, 0.25) is 5.91 Å². The lowest BCUT2D eigenvalue weighted by atomic mass is 10.1. The first kappa shape index (κ1) is 12.7. The fraction of sp³-hybridized carbons (Fsp3) is 0.462. The van der Waals surface area contributed by atoms with Gasteiger partial charge in [-0.25, -0.2) is 0 Å².